The largest absolute Gasteiger partial charge is 0.412 e. The molecule has 0 bridgehead atoms. The van der Waals surface area contributed by atoms with Crippen LogP contribution in [0.25, 0.3) is 16.7 Å². The lowest BCUT2D eigenvalue weighted by Gasteiger charge is -2.31. The SMILES string of the molecule is CCc1c(/C2=C/C/C(C(F)(F)F)=C\CCC2)c(-c2ccncc2)c(N2CCNCC2)n1C. The fourth-order valence-electron chi connectivity index (χ4n) is 4.96. The standard InChI is InChI=1S/C25H31F3N4/c1-3-21-22(18-6-4-5-7-20(9-8-18)25(26,27)28)23(19-10-12-29-13-11-19)24(31(21)2)32-16-14-30-15-17-32/h7-8,10-13,30H,3-6,9,14-17H2,1-2H3/b18-8+,20-7+. The summed E-state index contributed by atoms with van der Waals surface area (Å²) in [5.74, 6) is 1.15. The van der Waals surface area contributed by atoms with Crippen LogP contribution in [0.15, 0.2) is 42.3 Å². The highest BCUT2D eigenvalue weighted by molar-refractivity contribution is 5.91. The summed E-state index contributed by atoms with van der Waals surface area (Å²) in [6, 6.07) is 4.02. The molecule has 32 heavy (non-hydrogen) atoms. The predicted octanol–water partition coefficient (Wildman–Crippen LogP) is 5.51. The first-order valence-electron chi connectivity index (χ1n) is 11.4. The lowest BCUT2D eigenvalue weighted by atomic mass is 9.89. The van der Waals surface area contributed by atoms with E-state index in [1.807, 2.05) is 18.2 Å². The summed E-state index contributed by atoms with van der Waals surface area (Å²) in [5, 5.41) is 3.41. The quantitative estimate of drug-likeness (QED) is 0.632. The number of pyridine rings is 1. The molecule has 1 N–H and O–H groups in total. The maximum absolute atomic E-state index is 13.5. The lowest BCUT2D eigenvalue weighted by molar-refractivity contribution is -0.0932. The van der Waals surface area contributed by atoms with Crippen molar-refractivity contribution in [2.45, 2.75) is 45.2 Å². The molecular weight excluding hydrogens is 413 g/mol. The molecule has 3 heterocycles. The molecule has 2 aromatic rings. The van der Waals surface area contributed by atoms with Crippen molar-refractivity contribution in [1.29, 1.82) is 0 Å². The molecular formula is C25H31F3N4. The summed E-state index contributed by atoms with van der Waals surface area (Å²) in [4.78, 5) is 6.59. The van der Waals surface area contributed by atoms with Gasteiger partial charge in [0.2, 0.25) is 0 Å². The zero-order chi connectivity index (χ0) is 22.7. The smallest absolute Gasteiger partial charge is 0.355 e. The van der Waals surface area contributed by atoms with E-state index in [9.17, 15) is 13.2 Å². The molecule has 1 aliphatic heterocycles. The fourth-order valence-corrected chi connectivity index (χ4v) is 4.96. The van der Waals surface area contributed by atoms with E-state index in [0.29, 0.717) is 12.8 Å². The maximum Gasteiger partial charge on any atom is 0.412 e. The van der Waals surface area contributed by atoms with Gasteiger partial charge in [-0.15, -0.1) is 0 Å². The third-order valence-corrected chi connectivity index (χ3v) is 6.50. The van der Waals surface area contributed by atoms with Gasteiger partial charge in [0.05, 0.1) is 0 Å². The molecule has 4 rings (SSSR count). The van der Waals surface area contributed by atoms with Crippen molar-refractivity contribution in [3.8, 4) is 11.1 Å². The summed E-state index contributed by atoms with van der Waals surface area (Å²) < 4.78 is 42.7. The maximum atomic E-state index is 13.5. The Morgan fingerprint density at radius 1 is 1.06 bits per heavy atom. The number of allylic oxidation sites excluding steroid dienone is 4. The Kier molecular flexibility index (Phi) is 6.74. The second kappa shape index (κ2) is 9.53. The van der Waals surface area contributed by atoms with Crippen molar-refractivity contribution in [3.63, 3.8) is 0 Å². The van der Waals surface area contributed by atoms with Crippen LogP contribution in [-0.2, 0) is 13.5 Å². The van der Waals surface area contributed by atoms with E-state index in [2.05, 4.69) is 33.7 Å². The van der Waals surface area contributed by atoms with Crippen molar-refractivity contribution in [3.05, 3.63) is 53.5 Å². The normalized spacial score (nSPS) is 21.3. The monoisotopic (exact) mass is 444 g/mol. The van der Waals surface area contributed by atoms with Crippen LogP contribution in [0.4, 0.5) is 19.0 Å². The Bertz CT molecular complexity index is 996. The van der Waals surface area contributed by atoms with E-state index < -0.39 is 11.7 Å². The number of nitrogens with zero attached hydrogens (tertiary/aromatic N) is 3. The minimum Gasteiger partial charge on any atom is -0.355 e. The second-order valence-electron chi connectivity index (χ2n) is 8.46. The molecule has 0 aromatic carbocycles. The average Bonchev–Trinajstić information content (AvgIpc) is 3.06. The summed E-state index contributed by atoms with van der Waals surface area (Å²) in [6.45, 7) is 5.76. The lowest BCUT2D eigenvalue weighted by Crippen LogP contribution is -2.44. The molecule has 0 amide bonds. The Morgan fingerprint density at radius 3 is 2.44 bits per heavy atom. The van der Waals surface area contributed by atoms with E-state index in [-0.39, 0.29) is 6.42 Å². The molecule has 172 valence electrons. The Balaban J connectivity index is 1.90. The van der Waals surface area contributed by atoms with Gasteiger partial charge in [-0.1, -0.05) is 19.1 Å². The Labute approximate surface area is 187 Å². The van der Waals surface area contributed by atoms with E-state index in [1.165, 1.54) is 11.8 Å². The minimum atomic E-state index is -4.27. The number of nitrogens with one attached hydrogen (secondary N) is 1. The van der Waals surface area contributed by atoms with Gasteiger partial charge in [0.25, 0.3) is 0 Å². The number of aromatic nitrogens is 2. The van der Waals surface area contributed by atoms with Gasteiger partial charge in [-0.25, -0.2) is 0 Å². The molecule has 2 aliphatic rings. The highest BCUT2D eigenvalue weighted by Crippen LogP contribution is 2.44. The van der Waals surface area contributed by atoms with Gasteiger partial charge in [-0.05, 0) is 55.4 Å². The van der Waals surface area contributed by atoms with E-state index in [0.717, 1.165) is 67.1 Å². The molecule has 0 atom stereocenters. The van der Waals surface area contributed by atoms with Crippen LogP contribution in [0.2, 0.25) is 0 Å². The van der Waals surface area contributed by atoms with Gasteiger partial charge in [0, 0.05) is 68.0 Å². The number of piperazine rings is 1. The van der Waals surface area contributed by atoms with Gasteiger partial charge >= 0.3 is 6.18 Å². The van der Waals surface area contributed by atoms with Crippen LogP contribution in [-0.4, -0.2) is 41.9 Å². The van der Waals surface area contributed by atoms with Crippen LogP contribution in [0.3, 0.4) is 0 Å². The van der Waals surface area contributed by atoms with Crippen LogP contribution >= 0.6 is 0 Å². The first-order chi connectivity index (χ1) is 15.4. The van der Waals surface area contributed by atoms with Crippen LogP contribution in [0.1, 0.15) is 43.9 Å². The van der Waals surface area contributed by atoms with E-state index >= 15 is 0 Å². The Hall–Kier alpha value is -2.54. The molecule has 4 nitrogen and oxygen atoms in total. The second-order valence-corrected chi connectivity index (χ2v) is 8.46. The molecule has 1 saturated heterocycles. The highest BCUT2D eigenvalue weighted by atomic mass is 19.4. The summed E-state index contributed by atoms with van der Waals surface area (Å²) >= 11 is 0. The fraction of sp³-hybridized carbons (Fsp3) is 0.480. The van der Waals surface area contributed by atoms with Gasteiger partial charge in [-0.2, -0.15) is 13.2 Å². The number of alkyl halides is 3. The summed E-state index contributed by atoms with van der Waals surface area (Å²) in [6.07, 6.45) is 5.17. The summed E-state index contributed by atoms with van der Waals surface area (Å²) in [5.41, 5.74) is 5.07. The molecule has 0 spiro atoms. The highest BCUT2D eigenvalue weighted by Gasteiger charge is 2.33. The third kappa shape index (κ3) is 4.49. The summed E-state index contributed by atoms with van der Waals surface area (Å²) in [7, 11) is 2.09. The first kappa shape index (κ1) is 22.6. The molecule has 1 aliphatic carbocycles. The van der Waals surface area contributed by atoms with Crippen molar-refractivity contribution in [1.82, 2.24) is 14.9 Å². The predicted molar refractivity (Wildman–Crippen MR) is 124 cm³/mol. The minimum absolute atomic E-state index is 0.0738. The van der Waals surface area contributed by atoms with Gasteiger partial charge in [-0.3, -0.25) is 4.98 Å². The average molecular weight is 445 g/mol. The van der Waals surface area contributed by atoms with Crippen molar-refractivity contribution < 1.29 is 13.2 Å². The van der Waals surface area contributed by atoms with Gasteiger partial charge in [0.15, 0.2) is 0 Å². The third-order valence-electron chi connectivity index (χ3n) is 6.50. The van der Waals surface area contributed by atoms with E-state index in [1.54, 1.807) is 12.4 Å². The van der Waals surface area contributed by atoms with E-state index in [4.69, 9.17) is 0 Å². The molecule has 0 radical (unpaired) electrons. The Morgan fingerprint density at radius 2 is 1.78 bits per heavy atom. The molecule has 2 aromatic heterocycles. The number of halogens is 3. The zero-order valence-corrected chi connectivity index (χ0v) is 18.8. The molecule has 7 heteroatoms. The van der Waals surface area contributed by atoms with Gasteiger partial charge < -0.3 is 14.8 Å². The van der Waals surface area contributed by atoms with Gasteiger partial charge in [0.1, 0.15) is 5.82 Å². The van der Waals surface area contributed by atoms with Crippen molar-refractivity contribution in [2.24, 2.45) is 7.05 Å². The molecule has 0 unspecified atom stereocenters. The number of hydrogen-bond donors (Lipinski definition) is 1. The van der Waals surface area contributed by atoms with Crippen molar-refractivity contribution >= 4 is 11.4 Å². The van der Waals surface area contributed by atoms with Crippen LogP contribution < -0.4 is 10.2 Å². The number of rotatable bonds is 4. The molecule has 0 saturated carbocycles. The van der Waals surface area contributed by atoms with Crippen LogP contribution in [0, 0.1) is 0 Å². The zero-order valence-electron chi connectivity index (χ0n) is 18.8. The molecule has 1 fully saturated rings. The number of anilines is 1. The van der Waals surface area contributed by atoms with Crippen molar-refractivity contribution in [2.75, 3.05) is 31.1 Å². The topological polar surface area (TPSA) is 33.1 Å². The van der Waals surface area contributed by atoms with Crippen LogP contribution in [0.5, 0.6) is 0 Å². The number of hydrogen-bond acceptors (Lipinski definition) is 3. The first-order valence-corrected chi connectivity index (χ1v) is 11.4.